The minimum absolute atomic E-state index is 0.0463. The van der Waals surface area contributed by atoms with Crippen LogP contribution in [0.25, 0.3) is 0 Å². The summed E-state index contributed by atoms with van der Waals surface area (Å²) in [7, 11) is 0. The molecular weight excluding hydrogens is 335 g/mol. The van der Waals surface area contributed by atoms with Gasteiger partial charge in [0.2, 0.25) is 5.88 Å². The second kappa shape index (κ2) is 7.25. The average Bonchev–Trinajstić information content (AvgIpc) is 3.21. The predicted molar refractivity (Wildman–Crippen MR) is 92.9 cm³/mol. The smallest absolute Gasteiger partial charge is 0.250 e. The molecule has 0 saturated carbocycles. The fraction of sp³-hybridized carbons (Fsp3) is 0.389. The molecule has 1 aliphatic rings. The van der Waals surface area contributed by atoms with Gasteiger partial charge < -0.3 is 4.74 Å². The zero-order valence-electron chi connectivity index (χ0n) is 14.6. The molecular formula is C18H21FN6O. The van der Waals surface area contributed by atoms with E-state index in [0.29, 0.717) is 13.2 Å². The zero-order chi connectivity index (χ0) is 17.9. The largest absolute Gasteiger partial charge is 0.474 e. The molecule has 0 bridgehead atoms. The van der Waals surface area contributed by atoms with Gasteiger partial charge in [-0.1, -0.05) is 0 Å². The number of rotatable bonds is 5. The van der Waals surface area contributed by atoms with Gasteiger partial charge in [0.25, 0.3) is 0 Å². The molecule has 136 valence electrons. The molecule has 7 nitrogen and oxygen atoms in total. The molecule has 0 spiro atoms. The van der Waals surface area contributed by atoms with Crippen LogP contribution in [0, 0.1) is 12.7 Å². The Labute approximate surface area is 150 Å². The fourth-order valence-corrected chi connectivity index (χ4v) is 3.28. The van der Waals surface area contributed by atoms with Gasteiger partial charge in [-0.15, -0.1) is 0 Å². The Morgan fingerprint density at radius 2 is 2.27 bits per heavy atom. The molecule has 8 heteroatoms. The van der Waals surface area contributed by atoms with E-state index >= 15 is 0 Å². The van der Waals surface area contributed by atoms with Crippen LogP contribution in [0.5, 0.6) is 5.88 Å². The van der Waals surface area contributed by atoms with Gasteiger partial charge in [0.15, 0.2) is 5.82 Å². The van der Waals surface area contributed by atoms with Crippen LogP contribution in [0.15, 0.2) is 36.7 Å². The number of aryl methyl sites for hydroxylation is 2. The summed E-state index contributed by atoms with van der Waals surface area (Å²) in [6.45, 7) is 4.58. The summed E-state index contributed by atoms with van der Waals surface area (Å²) in [5.41, 5.74) is 3.16. The number of H-pyrrole nitrogens is 1. The molecule has 0 amide bonds. The normalized spacial score (nSPS) is 17.7. The lowest BCUT2D eigenvalue weighted by atomic mass is 10.1. The molecule has 0 saturated heterocycles. The number of aromatic amines is 1. The van der Waals surface area contributed by atoms with E-state index in [1.54, 1.807) is 6.07 Å². The van der Waals surface area contributed by atoms with Gasteiger partial charge in [-0.2, -0.15) is 10.2 Å². The molecule has 0 aliphatic carbocycles. The maximum absolute atomic E-state index is 13.8. The Kier molecular flexibility index (Phi) is 4.66. The lowest BCUT2D eigenvalue weighted by Gasteiger charge is -2.28. The van der Waals surface area contributed by atoms with Gasteiger partial charge in [-0.25, -0.2) is 9.37 Å². The van der Waals surface area contributed by atoms with Crippen LogP contribution in [0.1, 0.15) is 23.5 Å². The number of pyridine rings is 1. The highest BCUT2D eigenvalue weighted by molar-refractivity contribution is 5.13. The van der Waals surface area contributed by atoms with Gasteiger partial charge in [-0.05, 0) is 37.6 Å². The SMILES string of the molecule is Cc1cc(CN2Cc3ccnn3CC[C@H]2COc2ncccc2F)n[nH]1. The lowest BCUT2D eigenvalue weighted by Crippen LogP contribution is -2.38. The van der Waals surface area contributed by atoms with Crippen molar-refractivity contribution < 1.29 is 9.13 Å². The van der Waals surface area contributed by atoms with Crippen LogP contribution in [-0.2, 0) is 19.6 Å². The minimum atomic E-state index is -0.441. The van der Waals surface area contributed by atoms with Crippen molar-refractivity contribution in [2.24, 2.45) is 0 Å². The zero-order valence-corrected chi connectivity index (χ0v) is 14.6. The van der Waals surface area contributed by atoms with Gasteiger partial charge in [-0.3, -0.25) is 14.7 Å². The Morgan fingerprint density at radius 1 is 1.35 bits per heavy atom. The molecule has 26 heavy (non-hydrogen) atoms. The van der Waals surface area contributed by atoms with E-state index in [0.717, 1.165) is 36.6 Å². The summed E-state index contributed by atoms with van der Waals surface area (Å²) in [4.78, 5) is 6.28. The van der Waals surface area contributed by atoms with Gasteiger partial charge in [0, 0.05) is 43.8 Å². The van der Waals surface area contributed by atoms with Crippen LogP contribution in [-0.4, -0.2) is 42.5 Å². The first-order valence-corrected chi connectivity index (χ1v) is 8.68. The molecule has 1 N–H and O–H groups in total. The number of hydrogen-bond acceptors (Lipinski definition) is 5. The Balaban J connectivity index is 1.52. The Bertz CT molecular complexity index is 876. The van der Waals surface area contributed by atoms with Crippen LogP contribution in [0.3, 0.4) is 0 Å². The van der Waals surface area contributed by atoms with E-state index in [1.165, 1.54) is 12.3 Å². The molecule has 3 aromatic heterocycles. The molecule has 1 atom stereocenters. The summed E-state index contributed by atoms with van der Waals surface area (Å²) >= 11 is 0. The van der Waals surface area contributed by atoms with E-state index in [2.05, 4.69) is 25.2 Å². The number of nitrogens with one attached hydrogen (secondary N) is 1. The Morgan fingerprint density at radius 3 is 3.08 bits per heavy atom. The van der Waals surface area contributed by atoms with Gasteiger partial charge >= 0.3 is 0 Å². The summed E-state index contributed by atoms with van der Waals surface area (Å²) in [5, 5.41) is 11.7. The molecule has 0 radical (unpaired) electrons. The van der Waals surface area contributed by atoms with Crippen LogP contribution < -0.4 is 4.74 Å². The first-order valence-electron chi connectivity index (χ1n) is 8.68. The highest BCUT2D eigenvalue weighted by Gasteiger charge is 2.26. The fourth-order valence-electron chi connectivity index (χ4n) is 3.28. The van der Waals surface area contributed by atoms with Crippen molar-refractivity contribution in [3.05, 3.63) is 59.6 Å². The van der Waals surface area contributed by atoms with Gasteiger partial charge in [0.1, 0.15) is 6.61 Å². The van der Waals surface area contributed by atoms with E-state index < -0.39 is 5.82 Å². The summed E-state index contributed by atoms with van der Waals surface area (Å²) in [5.74, 6) is -0.395. The monoisotopic (exact) mass is 356 g/mol. The number of hydrogen-bond donors (Lipinski definition) is 1. The third kappa shape index (κ3) is 3.60. The molecule has 0 fully saturated rings. The lowest BCUT2D eigenvalue weighted by molar-refractivity contribution is 0.112. The van der Waals surface area contributed by atoms with Crippen molar-refractivity contribution in [1.29, 1.82) is 0 Å². The molecule has 0 aromatic carbocycles. The standard InChI is InChI=1S/C18H21FN6O/c1-13-9-14(23-22-13)10-24-11-15-4-7-21-25(15)8-5-16(24)12-26-18-17(19)3-2-6-20-18/h2-4,6-7,9,16H,5,8,10-12H2,1H3,(H,22,23)/t16-/m0/s1. The van der Waals surface area contributed by atoms with Crippen molar-refractivity contribution >= 4 is 0 Å². The molecule has 3 aromatic rings. The number of aromatic nitrogens is 5. The number of nitrogens with zero attached hydrogens (tertiary/aromatic N) is 5. The summed E-state index contributed by atoms with van der Waals surface area (Å²) in [6, 6.07) is 7.09. The third-order valence-electron chi connectivity index (χ3n) is 4.62. The quantitative estimate of drug-likeness (QED) is 0.759. The van der Waals surface area contributed by atoms with E-state index in [1.807, 2.05) is 29.9 Å². The topological polar surface area (TPSA) is 71.9 Å². The van der Waals surface area contributed by atoms with Crippen molar-refractivity contribution in [2.45, 2.75) is 39.0 Å². The van der Waals surface area contributed by atoms with E-state index in [4.69, 9.17) is 4.74 Å². The highest BCUT2D eigenvalue weighted by atomic mass is 19.1. The van der Waals surface area contributed by atoms with Crippen LogP contribution in [0.4, 0.5) is 4.39 Å². The second-order valence-electron chi connectivity index (χ2n) is 6.54. The Hall–Kier alpha value is -2.74. The maximum Gasteiger partial charge on any atom is 0.250 e. The van der Waals surface area contributed by atoms with E-state index in [9.17, 15) is 4.39 Å². The molecule has 0 unspecified atom stereocenters. The highest BCUT2D eigenvalue weighted by Crippen LogP contribution is 2.21. The first-order chi connectivity index (χ1) is 12.7. The first kappa shape index (κ1) is 16.7. The van der Waals surface area contributed by atoms with Crippen molar-refractivity contribution in [1.82, 2.24) is 29.9 Å². The summed E-state index contributed by atoms with van der Waals surface area (Å²) in [6.07, 6.45) is 4.21. The third-order valence-corrected chi connectivity index (χ3v) is 4.62. The summed E-state index contributed by atoms with van der Waals surface area (Å²) < 4.78 is 21.5. The van der Waals surface area contributed by atoms with Crippen LogP contribution >= 0.6 is 0 Å². The number of ether oxygens (including phenoxy) is 1. The number of fused-ring (bicyclic) bond motifs is 1. The average molecular weight is 356 g/mol. The van der Waals surface area contributed by atoms with Crippen molar-refractivity contribution in [3.63, 3.8) is 0 Å². The molecule has 1 aliphatic heterocycles. The van der Waals surface area contributed by atoms with Gasteiger partial charge in [0.05, 0.1) is 11.4 Å². The molecule has 4 heterocycles. The minimum Gasteiger partial charge on any atom is -0.474 e. The molecule has 4 rings (SSSR count). The van der Waals surface area contributed by atoms with Crippen molar-refractivity contribution in [2.75, 3.05) is 6.61 Å². The predicted octanol–water partition coefficient (Wildman–Crippen LogP) is 2.30. The van der Waals surface area contributed by atoms with Crippen LogP contribution in [0.2, 0.25) is 0 Å². The maximum atomic E-state index is 13.8. The van der Waals surface area contributed by atoms with E-state index in [-0.39, 0.29) is 11.9 Å². The second-order valence-corrected chi connectivity index (χ2v) is 6.54. The number of halogens is 1. The van der Waals surface area contributed by atoms with Crippen molar-refractivity contribution in [3.8, 4) is 5.88 Å².